The molecule has 0 bridgehead atoms. The summed E-state index contributed by atoms with van der Waals surface area (Å²) < 4.78 is 34.8. The summed E-state index contributed by atoms with van der Waals surface area (Å²) in [5.41, 5.74) is 0.0477. The number of hydrogen-bond donors (Lipinski definition) is 2. The normalized spacial score (nSPS) is 11.1. The van der Waals surface area contributed by atoms with Gasteiger partial charge in [0.25, 0.3) is 0 Å². The first kappa shape index (κ1) is 11.6. The molecule has 82 valence electrons. The Hall–Kier alpha value is -1.47. The zero-order valence-corrected chi connectivity index (χ0v) is 8.64. The Bertz CT molecular complexity index is 499. The number of hydrogen-bond acceptors (Lipinski definition) is 3. The summed E-state index contributed by atoms with van der Waals surface area (Å²) in [6.45, 7) is 1.22. The van der Waals surface area contributed by atoms with Gasteiger partial charge in [-0.3, -0.25) is 4.79 Å². The Morgan fingerprint density at radius 1 is 1.40 bits per heavy atom. The highest BCUT2D eigenvalue weighted by atomic mass is 32.2. The maximum absolute atomic E-state index is 12.9. The van der Waals surface area contributed by atoms with Crippen LogP contribution in [0.5, 0.6) is 0 Å². The number of benzene rings is 1. The third-order valence-corrected chi connectivity index (χ3v) is 2.41. The lowest BCUT2D eigenvalue weighted by Gasteiger charge is -2.04. The summed E-state index contributed by atoms with van der Waals surface area (Å²) in [6.07, 6.45) is 0. The van der Waals surface area contributed by atoms with Crippen LogP contribution in [-0.4, -0.2) is 14.3 Å². The second-order valence-electron chi connectivity index (χ2n) is 2.90. The first-order valence-corrected chi connectivity index (χ1v) is 5.44. The maximum atomic E-state index is 12.9. The van der Waals surface area contributed by atoms with E-state index in [2.05, 4.69) is 5.32 Å². The molecule has 0 aromatic heterocycles. The molecule has 0 aliphatic heterocycles. The highest BCUT2D eigenvalue weighted by Gasteiger charge is 2.11. The largest absolute Gasteiger partial charge is 0.326 e. The number of carbonyl (C=O) groups is 1. The molecule has 0 radical (unpaired) electrons. The van der Waals surface area contributed by atoms with Crippen molar-refractivity contribution in [1.82, 2.24) is 0 Å². The van der Waals surface area contributed by atoms with Gasteiger partial charge in [0.15, 0.2) is 0 Å². The van der Waals surface area contributed by atoms with E-state index < -0.39 is 21.7 Å². The second-order valence-corrected chi connectivity index (χ2v) is 4.46. The zero-order chi connectivity index (χ0) is 11.6. The molecule has 0 saturated heterocycles. The lowest BCUT2D eigenvalue weighted by Crippen LogP contribution is -2.13. The minimum absolute atomic E-state index is 0.0477. The molecular formula is C8H9FN2O3S. The first-order valence-electron chi connectivity index (χ1n) is 3.90. The number of amides is 1. The fraction of sp³-hybridized carbons (Fsp3) is 0.125. The number of primary sulfonamides is 1. The van der Waals surface area contributed by atoms with E-state index in [1.54, 1.807) is 0 Å². The minimum atomic E-state index is -3.97. The molecule has 5 nitrogen and oxygen atoms in total. The van der Waals surface area contributed by atoms with Gasteiger partial charge in [0, 0.05) is 12.6 Å². The molecule has 0 atom stereocenters. The van der Waals surface area contributed by atoms with Crippen LogP contribution >= 0.6 is 0 Å². The Morgan fingerprint density at radius 2 is 2.00 bits per heavy atom. The van der Waals surface area contributed by atoms with Crippen LogP contribution in [0.15, 0.2) is 23.1 Å². The van der Waals surface area contributed by atoms with Crippen molar-refractivity contribution in [2.24, 2.45) is 5.14 Å². The average Bonchev–Trinajstić information content (AvgIpc) is 1.99. The molecule has 1 amide bonds. The third kappa shape index (κ3) is 3.30. The molecule has 3 N–H and O–H groups in total. The molecule has 0 saturated carbocycles. The lowest BCUT2D eigenvalue weighted by molar-refractivity contribution is -0.114. The van der Waals surface area contributed by atoms with Gasteiger partial charge in [-0.05, 0) is 18.2 Å². The van der Waals surface area contributed by atoms with Gasteiger partial charge in [-0.25, -0.2) is 17.9 Å². The van der Waals surface area contributed by atoms with E-state index in [9.17, 15) is 17.6 Å². The van der Waals surface area contributed by atoms with Crippen LogP contribution < -0.4 is 10.5 Å². The van der Waals surface area contributed by atoms with Crippen molar-refractivity contribution >= 4 is 21.6 Å². The molecule has 0 spiro atoms. The number of nitrogens with one attached hydrogen (secondary N) is 1. The number of carbonyl (C=O) groups excluding carboxylic acids is 1. The van der Waals surface area contributed by atoms with E-state index in [0.29, 0.717) is 0 Å². The zero-order valence-electron chi connectivity index (χ0n) is 7.82. The number of anilines is 1. The van der Waals surface area contributed by atoms with Crippen molar-refractivity contribution in [3.05, 3.63) is 24.0 Å². The van der Waals surface area contributed by atoms with Crippen molar-refractivity contribution in [3.8, 4) is 0 Å². The van der Waals surface area contributed by atoms with Gasteiger partial charge in [0.05, 0.1) is 4.90 Å². The minimum Gasteiger partial charge on any atom is -0.326 e. The summed E-state index contributed by atoms with van der Waals surface area (Å²) in [5, 5.41) is 7.08. The summed E-state index contributed by atoms with van der Waals surface area (Å²) >= 11 is 0. The van der Waals surface area contributed by atoms with Crippen LogP contribution in [0.2, 0.25) is 0 Å². The number of rotatable bonds is 2. The van der Waals surface area contributed by atoms with Crippen molar-refractivity contribution in [2.75, 3.05) is 5.32 Å². The van der Waals surface area contributed by atoms with Gasteiger partial charge in [-0.1, -0.05) is 0 Å². The number of halogens is 1. The maximum Gasteiger partial charge on any atom is 0.238 e. The molecule has 1 rings (SSSR count). The summed E-state index contributed by atoms with van der Waals surface area (Å²) in [7, 11) is -3.97. The Balaban J connectivity index is 3.23. The van der Waals surface area contributed by atoms with Gasteiger partial charge < -0.3 is 5.32 Å². The fourth-order valence-corrected chi connectivity index (χ4v) is 1.57. The van der Waals surface area contributed by atoms with E-state index in [0.717, 1.165) is 18.2 Å². The molecule has 1 aromatic carbocycles. The SMILES string of the molecule is CC(=O)Nc1cc(F)cc(S(N)(=O)=O)c1. The summed E-state index contributed by atoms with van der Waals surface area (Å²) in [4.78, 5) is 10.3. The van der Waals surface area contributed by atoms with Gasteiger partial charge in [0.2, 0.25) is 15.9 Å². The van der Waals surface area contributed by atoms with E-state index in [1.807, 2.05) is 0 Å². The Labute approximate surface area is 86.1 Å². The molecule has 0 aliphatic carbocycles. The van der Waals surface area contributed by atoms with Crippen LogP contribution in [-0.2, 0) is 14.8 Å². The number of nitrogens with two attached hydrogens (primary N) is 1. The molecule has 0 unspecified atom stereocenters. The van der Waals surface area contributed by atoms with Crippen LogP contribution in [0, 0.1) is 5.82 Å². The molecule has 0 fully saturated rings. The molecule has 7 heteroatoms. The molecule has 0 aliphatic rings. The van der Waals surface area contributed by atoms with E-state index in [-0.39, 0.29) is 10.6 Å². The van der Waals surface area contributed by atoms with Crippen LogP contribution in [0.1, 0.15) is 6.92 Å². The quantitative estimate of drug-likeness (QED) is 0.774. The van der Waals surface area contributed by atoms with Crippen molar-refractivity contribution in [1.29, 1.82) is 0 Å². The van der Waals surface area contributed by atoms with Gasteiger partial charge in [-0.2, -0.15) is 0 Å². The smallest absolute Gasteiger partial charge is 0.238 e. The van der Waals surface area contributed by atoms with Gasteiger partial charge in [-0.15, -0.1) is 0 Å². The van der Waals surface area contributed by atoms with Crippen LogP contribution in [0.3, 0.4) is 0 Å². The first-order chi connectivity index (χ1) is 6.79. The fourth-order valence-electron chi connectivity index (χ4n) is 1.00. The topological polar surface area (TPSA) is 89.3 Å². The standard InChI is InChI=1S/C8H9FN2O3S/c1-5(12)11-7-2-6(9)3-8(4-7)15(10,13)14/h2-4H,1H3,(H,11,12)(H2,10,13,14). The third-order valence-electron chi connectivity index (χ3n) is 1.52. The van der Waals surface area contributed by atoms with Gasteiger partial charge in [0.1, 0.15) is 5.82 Å². The highest BCUT2D eigenvalue weighted by molar-refractivity contribution is 7.89. The van der Waals surface area contributed by atoms with Crippen LogP contribution in [0.4, 0.5) is 10.1 Å². The monoisotopic (exact) mass is 232 g/mol. The van der Waals surface area contributed by atoms with E-state index in [1.165, 1.54) is 6.92 Å². The lowest BCUT2D eigenvalue weighted by atomic mass is 10.3. The van der Waals surface area contributed by atoms with E-state index >= 15 is 0 Å². The highest BCUT2D eigenvalue weighted by Crippen LogP contribution is 2.16. The number of sulfonamides is 1. The predicted octanol–water partition coefficient (Wildman–Crippen LogP) is 0.432. The van der Waals surface area contributed by atoms with E-state index in [4.69, 9.17) is 5.14 Å². The molecule has 15 heavy (non-hydrogen) atoms. The second kappa shape index (κ2) is 3.95. The molecule has 0 heterocycles. The summed E-state index contributed by atoms with van der Waals surface area (Å²) in [6, 6.07) is 2.86. The van der Waals surface area contributed by atoms with Crippen LogP contribution in [0.25, 0.3) is 0 Å². The predicted molar refractivity (Wildman–Crippen MR) is 52.1 cm³/mol. The Kier molecular flexibility index (Phi) is 3.06. The molecular weight excluding hydrogens is 223 g/mol. The molecule has 1 aromatic rings. The van der Waals surface area contributed by atoms with Crippen molar-refractivity contribution in [2.45, 2.75) is 11.8 Å². The van der Waals surface area contributed by atoms with Gasteiger partial charge >= 0.3 is 0 Å². The van der Waals surface area contributed by atoms with Crippen molar-refractivity contribution in [3.63, 3.8) is 0 Å². The van der Waals surface area contributed by atoms with Crippen molar-refractivity contribution < 1.29 is 17.6 Å². The Morgan fingerprint density at radius 3 is 2.47 bits per heavy atom. The average molecular weight is 232 g/mol. The summed E-state index contributed by atoms with van der Waals surface area (Å²) in [5.74, 6) is -1.22.